The Morgan fingerprint density at radius 1 is 1.00 bits per heavy atom. The van der Waals surface area contributed by atoms with Crippen LogP contribution in [-0.4, -0.2) is 8.41 Å². The van der Waals surface area contributed by atoms with Crippen LogP contribution in [-0.2, 0) is 0 Å². The standard InChI is InChI=1S/C19H25FSi/c1-4-18(21(20,5-2)6-3)15-14-17-12-9-11-16-10-7-8-13-19(16)17/h7-15,18H,4-6H2,1-3H3/b15-14+. The van der Waals surface area contributed by atoms with E-state index in [1.54, 1.807) is 0 Å². The molecule has 0 aliphatic heterocycles. The first-order valence-electron chi connectivity index (χ1n) is 7.99. The zero-order chi connectivity index (χ0) is 15.3. The average Bonchev–Trinajstić information content (AvgIpc) is 2.55. The van der Waals surface area contributed by atoms with Crippen molar-refractivity contribution in [3.05, 3.63) is 54.1 Å². The molecule has 0 N–H and O–H groups in total. The Morgan fingerprint density at radius 3 is 2.33 bits per heavy atom. The van der Waals surface area contributed by atoms with Gasteiger partial charge in [0.15, 0.2) is 0 Å². The van der Waals surface area contributed by atoms with E-state index in [0.717, 1.165) is 6.42 Å². The van der Waals surface area contributed by atoms with Crippen molar-refractivity contribution < 1.29 is 4.11 Å². The number of allylic oxidation sites excluding steroid dienone is 1. The van der Waals surface area contributed by atoms with E-state index in [1.165, 1.54) is 16.3 Å². The van der Waals surface area contributed by atoms with E-state index >= 15 is 4.11 Å². The lowest BCUT2D eigenvalue weighted by molar-refractivity contribution is 0.700. The molecular formula is C19H25FSi. The molecule has 0 saturated heterocycles. The Labute approximate surface area is 128 Å². The van der Waals surface area contributed by atoms with Crippen molar-refractivity contribution in [2.75, 3.05) is 0 Å². The van der Waals surface area contributed by atoms with Crippen LogP contribution in [0.3, 0.4) is 0 Å². The van der Waals surface area contributed by atoms with Crippen LogP contribution in [0.2, 0.25) is 17.6 Å². The maximum atomic E-state index is 15.0. The molecule has 0 bridgehead atoms. The number of fused-ring (bicyclic) bond motifs is 1. The van der Waals surface area contributed by atoms with E-state index in [4.69, 9.17) is 0 Å². The second-order valence-electron chi connectivity index (χ2n) is 5.68. The minimum Gasteiger partial charge on any atom is -0.313 e. The summed E-state index contributed by atoms with van der Waals surface area (Å²) < 4.78 is 15.0. The zero-order valence-electron chi connectivity index (χ0n) is 13.3. The van der Waals surface area contributed by atoms with Crippen LogP contribution in [0.4, 0.5) is 4.11 Å². The lowest BCUT2D eigenvalue weighted by Crippen LogP contribution is -2.31. The Kier molecular flexibility index (Phi) is 5.35. The molecule has 21 heavy (non-hydrogen) atoms. The van der Waals surface area contributed by atoms with E-state index in [0.29, 0.717) is 12.1 Å². The predicted molar refractivity (Wildman–Crippen MR) is 94.8 cm³/mol. The van der Waals surface area contributed by atoms with E-state index in [-0.39, 0.29) is 5.54 Å². The molecule has 2 heteroatoms. The van der Waals surface area contributed by atoms with Gasteiger partial charge in [0, 0.05) is 5.54 Å². The Hall–Kier alpha value is -1.41. The van der Waals surface area contributed by atoms with Gasteiger partial charge in [0.1, 0.15) is 0 Å². The number of hydrogen-bond donors (Lipinski definition) is 0. The summed E-state index contributed by atoms with van der Waals surface area (Å²) in [6.07, 6.45) is 5.15. The summed E-state index contributed by atoms with van der Waals surface area (Å²) in [6.45, 7) is 6.11. The fraction of sp³-hybridized carbons (Fsp3) is 0.368. The highest BCUT2D eigenvalue weighted by Gasteiger charge is 2.36. The van der Waals surface area contributed by atoms with Gasteiger partial charge in [0.05, 0.1) is 0 Å². The summed E-state index contributed by atoms with van der Waals surface area (Å²) in [4.78, 5) is 0. The quantitative estimate of drug-likeness (QED) is 0.417. The molecular weight excluding hydrogens is 275 g/mol. The van der Waals surface area contributed by atoms with Gasteiger partial charge in [-0.25, -0.2) is 0 Å². The molecule has 0 aliphatic carbocycles. The van der Waals surface area contributed by atoms with Gasteiger partial charge in [0.25, 0.3) is 8.41 Å². The summed E-state index contributed by atoms with van der Waals surface area (Å²) in [5.41, 5.74) is 1.31. The van der Waals surface area contributed by atoms with Crippen molar-refractivity contribution in [3.63, 3.8) is 0 Å². The van der Waals surface area contributed by atoms with E-state index in [1.807, 2.05) is 13.8 Å². The number of halogens is 1. The first-order chi connectivity index (χ1) is 10.1. The molecule has 0 nitrogen and oxygen atoms in total. The Morgan fingerprint density at radius 2 is 1.67 bits per heavy atom. The average molecular weight is 300 g/mol. The van der Waals surface area contributed by atoms with Crippen LogP contribution in [0.1, 0.15) is 32.8 Å². The predicted octanol–water partition coefficient (Wildman–Crippen LogP) is 6.59. The molecule has 2 aromatic rings. The zero-order valence-corrected chi connectivity index (χ0v) is 14.3. The molecule has 0 heterocycles. The second kappa shape index (κ2) is 7.03. The van der Waals surface area contributed by atoms with Gasteiger partial charge in [-0.2, -0.15) is 0 Å². The lowest BCUT2D eigenvalue weighted by Gasteiger charge is -2.26. The molecule has 0 aliphatic rings. The van der Waals surface area contributed by atoms with Gasteiger partial charge in [-0.1, -0.05) is 75.4 Å². The van der Waals surface area contributed by atoms with Crippen molar-refractivity contribution in [2.24, 2.45) is 0 Å². The summed E-state index contributed by atoms with van der Waals surface area (Å²) in [5, 5.41) is 2.48. The normalized spacial score (nSPS) is 13.9. The molecule has 0 radical (unpaired) electrons. The van der Waals surface area contributed by atoms with Gasteiger partial charge in [0.2, 0.25) is 0 Å². The highest BCUT2D eigenvalue weighted by molar-refractivity contribution is 6.75. The third-order valence-corrected chi connectivity index (χ3v) is 8.89. The first-order valence-corrected chi connectivity index (χ1v) is 10.4. The topological polar surface area (TPSA) is 0 Å². The van der Waals surface area contributed by atoms with Crippen LogP contribution in [0.25, 0.3) is 16.8 Å². The second-order valence-corrected chi connectivity index (χ2v) is 9.91. The monoisotopic (exact) mass is 300 g/mol. The van der Waals surface area contributed by atoms with Crippen LogP contribution in [0.15, 0.2) is 48.5 Å². The Bertz CT molecular complexity index is 608. The summed E-state index contributed by atoms with van der Waals surface area (Å²) in [5.74, 6) is 0. The maximum absolute atomic E-state index is 15.0. The number of hydrogen-bond acceptors (Lipinski definition) is 0. The van der Waals surface area contributed by atoms with Crippen molar-refractivity contribution in [1.82, 2.24) is 0 Å². The molecule has 0 aromatic heterocycles. The molecule has 0 fully saturated rings. The smallest absolute Gasteiger partial charge is 0.253 e. The minimum absolute atomic E-state index is 0.117. The van der Waals surface area contributed by atoms with Crippen LogP contribution in [0, 0.1) is 0 Å². The highest BCUT2D eigenvalue weighted by atomic mass is 28.4. The number of rotatable bonds is 6. The maximum Gasteiger partial charge on any atom is 0.253 e. The SMILES string of the molecule is CCC(/C=C/c1cccc2ccccc12)[Si](F)(CC)CC. The van der Waals surface area contributed by atoms with Gasteiger partial charge in [-0.15, -0.1) is 0 Å². The van der Waals surface area contributed by atoms with Gasteiger partial charge in [-0.05, 0) is 34.8 Å². The minimum atomic E-state index is -2.63. The lowest BCUT2D eigenvalue weighted by atomic mass is 10.0. The van der Waals surface area contributed by atoms with Crippen molar-refractivity contribution >= 4 is 25.3 Å². The van der Waals surface area contributed by atoms with Crippen LogP contribution >= 0.6 is 0 Å². The van der Waals surface area contributed by atoms with Gasteiger partial charge < -0.3 is 4.11 Å². The Balaban J connectivity index is 2.34. The van der Waals surface area contributed by atoms with Crippen LogP contribution < -0.4 is 0 Å². The highest BCUT2D eigenvalue weighted by Crippen LogP contribution is 2.35. The molecule has 2 rings (SSSR count). The summed E-state index contributed by atoms with van der Waals surface area (Å²) >= 11 is 0. The summed E-state index contributed by atoms with van der Waals surface area (Å²) in [7, 11) is -2.63. The molecule has 112 valence electrons. The van der Waals surface area contributed by atoms with E-state index in [9.17, 15) is 0 Å². The third-order valence-electron chi connectivity index (χ3n) is 4.61. The fourth-order valence-corrected chi connectivity index (χ4v) is 5.79. The van der Waals surface area contributed by atoms with Crippen molar-refractivity contribution in [1.29, 1.82) is 0 Å². The van der Waals surface area contributed by atoms with E-state index in [2.05, 4.69) is 61.5 Å². The first kappa shape index (κ1) is 16.0. The molecule has 0 spiro atoms. The largest absolute Gasteiger partial charge is 0.313 e. The molecule has 0 saturated carbocycles. The van der Waals surface area contributed by atoms with Gasteiger partial charge >= 0.3 is 0 Å². The van der Waals surface area contributed by atoms with E-state index < -0.39 is 8.41 Å². The van der Waals surface area contributed by atoms with Crippen molar-refractivity contribution in [2.45, 2.75) is 44.8 Å². The third kappa shape index (κ3) is 3.43. The molecule has 0 amide bonds. The fourth-order valence-electron chi connectivity index (χ4n) is 3.06. The molecule has 2 aromatic carbocycles. The van der Waals surface area contributed by atoms with Crippen molar-refractivity contribution in [3.8, 4) is 0 Å². The van der Waals surface area contributed by atoms with Crippen LogP contribution in [0.5, 0.6) is 0 Å². The molecule has 1 atom stereocenters. The molecule has 1 unspecified atom stereocenters. The summed E-state index contributed by atoms with van der Waals surface area (Å²) in [6, 6.07) is 16.1. The number of benzene rings is 2. The van der Waals surface area contributed by atoms with Gasteiger partial charge in [-0.3, -0.25) is 0 Å².